The third kappa shape index (κ3) is 6.08. The molecule has 2 unspecified atom stereocenters. The van der Waals surface area contributed by atoms with Crippen LogP contribution >= 0.6 is 12.6 Å². The number of unbranched alkanes of at least 4 members (excludes halogenated alkanes) is 2. The van der Waals surface area contributed by atoms with Gasteiger partial charge in [-0.1, -0.05) is 26.2 Å². The van der Waals surface area contributed by atoms with Crippen molar-refractivity contribution in [2.24, 2.45) is 0 Å². The van der Waals surface area contributed by atoms with Crippen molar-refractivity contribution in [3.63, 3.8) is 0 Å². The average molecular weight is 302 g/mol. The average Bonchev–Trinajstić information content (AvgIpc) is 2.39. The lowest BCUT2D eigenvalue weighted by Crippen LogP contribution is -2.46. The van der Waals surface area contributed by atoms with E-state index in [0.29, 0.717) is 13.0 Å². The van der Waals surface area contributed by atoms with Gasteiger partial charge in [0, 0.05) is 6.61 Å². The zero-order valence-corrected chi connectivity index (χ0v) is 13.8. The van der Waals surface area contributed by atoms with Crippen LogP contribution in [0.1, 0.15) is 46.5 Å². The van der Waals surface area contributed by atoms with Gasteiger partial charge in [0.1, 0.15) is 24.5 Å². The fraction of sp³-hybridized carbons (Fsp3) is 0.846. The molecule has 0 aromatic rings. The number of hydrogen-bond donors (Lipinski definition) is 3. The minimum absolute atomic E-state index is 0.00454. The lowest BCUT2D eigenvalue weighted by molar-refractivity contribution is -0.0199. The molecular weight excluding hydrogens is 278 g/mol. The lowest BCUT2D eigenvalue weighted by atomic mass is 10.1. The van der Waals surface area contributed by atoms with Crippen LogP contribution in [0.25, 0.3) is 0 Å². The molecule has 19 heavy (non-hydrogen) atoms. The van der Waals surface area contributed by atoms with Crippen molar-refractivity contribution < 1.29 is 14.9 Å². The van der Waals surface area contributed by atoms with E-state index in [1.807, 2.05) is 0 Å². The van der Waals surface area contributed by atoms with Crippen LogP contribution in [0.15, 0.2) is 0 Å². The quantitative estimate of drug-likeness (QED) is 0.344. The first-order chi connectivity index (χ1) is 8.87. The Bertz CT molecular complexity index is 345. The van der Waals surface area contributed by atoms with Gasteiger partial charge >= 0.3 is 0 Å². The van der Waals surface area contributed by atoms with E-state index in [9.17, 15) is 15.5 Å². The van der Waals surface area contributed by atoms with Crippen LogP contribution in [-0.4, -0.2) is 47.9 Å². The van der Waals surface area contributed by atoms with E-state index in [1.165, 1.54) is 0 Å². The van der Waals surface area contributed by atoms with Crippen molar-refractivity contribution in [2.75, 3.05) is 13.2 Å². The third-order valence-corrected chi connectivity index (χ3v) is 5.12. The summed E-state index contributed by atoms with van der Waals surface area (Å²) in [7, 11) is -0.180. The minimum atomic E-state index is -1.11. The second-order valence-electron chi connectivity index (χ2n) is 4.72. The van der Waals surface area contributed by atoms with Gasteiger partial charge in [-0.3, -0.25) is 0 Å². The van der Waals surface area contributed by atoms with Crippen molar-refractivity contribution in [3.8, 4) is 6.07 Å². The lowest BCUT2D eigenvalue weighted by Gasteiger charge is -2.28. The van der Waals surface area contributed by atoms with Gasteiger partial charge in [-0.25, -0.2) is 0 Å². The maximum absolute atomic E-state index is 10.2. The predicted molar refractivity (Wildman–Crippen MR) is 81.3 cm³/mol. The highest BCUT2D eigenvalue weighted by atomic mass is 32.1. The summed E-state index contributed by atoms with van der Waals surface area (Å²) in [6.45, 7) is 5.58. The SMILES string of the molecule is CCCCCC(S)(C#N)[Si]=C(O)C(C)(CO)OCC. The van der Waals surface area contributed by atoms with E-state index in [2.05, 4.69) is 25.6 Å². The molecule has 4 nitrogen and oxygen atoms in total. The summed E-state index contributed by atoms with van der Waals surface area (Å²) in [5.74, 6) is 0. The molecule has 0 amide bonds. The number of hydrogen-bond acceptors (Lipinski definition) is 5. The Morgan fingerprint density at radius 1 is 1.42 bits per heavy atom. The predicted octanol–water partition coefficient (Wildman–Crippen LogP) is 1.71. The molecule has 0 aliphatic rings. The van der Waals surface area contributed by atoms with E-state index < -0.39 is 9.97 Å². The molecule has 0 aromatic heterocycles. The Labute approximate surface area is 123 Å². The first kappa shape index (κ1) is 18.6. The van der Waals surface area contributed by atoms with Gasteiger partial charge in [-0.2, -0.15) is 17.9 Å². The first-order valence-corrected chi connectivity index (χ1v) is 8.05. The summed E-state index contributed by atoms with van der Waals surface area (Å²) in [5, 5.41) is 28.8. The molecule has 0 saturated heterocycles. The van der Waals surface area contributed by atoms with Crippen LogP contribution in [0, 0.1) is 11.3 Å². The normalized spacial score (nSPS) is 18.4. The number of thiol groups is 1. The summed E-state index contributed by atoms with van der Waals surface area (Å²) in [6.07, 6.45) is 3.63. The smallest absolute Gasteiger partial charge is 0.139 e. The van der Waals surface area contributed by atoms with Crippen molar-refractivity contribution in [1.29, 1.82) is 5.26 Å². The van der Waals surface area contributed by atoms with Crippen molar-refractivity contribution in [3.05, 3.63) is 0 Å². The van der Waals surface area contributed by atoms with Crippen molar-refractivity contribution >= 4 is 27.1 Å². The number of aliphatic hydroxyl groups is 2. The zero-order valence-electron chi connectivity index (χ0n) is 11.9. The van der Waals surface area contributed by atoms with Gasteiger partial charge in [0.05, 0.1) is 12.7 Å². The molecule has 0 rings (SSSR count). The fourth-order valence-corrected chi connectivity index (χ4v) is 3.25. The number of nitriles is 1. The summed E-state index contributed by atoms with van der Waals surface area (Å²) in [4.78, 5) is 0. The van der Waals surface area contributed by atoms with Gasteiger partial charge in [-0.05, 0) is 20.3 Å². The third-order valence-electron chi connectivity index (χ3n) is 2.92. The largest absolute Gasteiger partial charge is 0.515 e. The Hall–Kier alpha value is -0.353. The van der Waals surface area contributed by atoms with Crippen molar-refractivity contribution in [2.45, 2.75) is 56.4 Å². The van der Waals surface area contributed by atoms with Gasteiger partial charge < -0.3 is 14.9 Å². The Morgan fingerprint density at radius 2 is 2.05 bits per heavy atom. The Morgan fingerprint density at radius 3 is 2.47 bits per heavy atom. The van der Waals surface area contributed by atoms with Gasteiger partial charge in [0.2, 0.25) is 0 Å². The van der Waals surface area contributed by atoms with E-state index >= 15 is 0 Å². The molecule has 0 bridgehead atoms. The van der Waals surface area contributed by atoms with Crippen LogP contribution in [0.3, 0.4) is 0 Å². The topological polar surface area (TPSA) is 73.5 Å². The molecule has 0 spiro atoms. The molecule has 1 radical (unpaired) electrons. The highest BCUT2D eigenvalue weighted by Crippen LogP contribution is 2.21. The maximum atomic E-state index is 10.2. The van der Waals surface area contributed by atoms with Gasteiger partial charge in [0.25, 0.3) is 0 Å². The molecule has 0 fully saturated rings. The molecule has 109 valence electrons. The second-order valence-corrected chi connectivity index (χ2v) is 7.49. The molecule has 0 aromatic carbocycles. The van der Waals surface area contributed by atoms with E-state index in [4.69, 9.17) is 4.74 Å². The second kappa shape index (κ2) is 8.75. The molecule has 6 heteroatoms. The highest BCUT2D eigenvalue weighted by molar-refractivity contribution is 7.83. The zero-order chi connectivity index (χ0) is 14.9. The summed E-state index contributed by atoms with van der Waals surface area (Å²) >= 11 is 4.40. The molecule has 2 atom stereocenters. The van der Waals surface area contributed by atoms with E-state index in [-0.39, 0.29) is 21.1 Å². The van der Waals surface area contributed by atoms with Crippen molar-refractivity contribution in [1.82, 2.24) is 0 Å². The Kier molecular flexibility index (Phi) is 8.58. The molecular formula is C13H24NO3SSi. The summed E-state index contributed by atoms with van der Waals surface area (Å²) < 4.78 is 4.50. The van der Waals surface area contributed by atoms with Crippen LogP contribution < -0.4 is 0 Å². The molecule has 0 saturated carbocycles. The number of ether oxygens (including phenoxy) is 1. The van der Waals surface area contributed by atoms with E-state index in [1.54, 1.807) is 13.8 Å². The first-order valence-electron chi connectivity index (χ1n) is 6.60. The van der Waals surface area contributed by atoms with Gasteiger partial charge in [0.15, 0.2) is 0 Å². The Balaban J connectivity index is 4.98. The molecule has 0 heterocycles. The minimum Gasteiger partial charge on any atom is -0.515 e. The number of rotatable bonds is 9. The summed E-state index contributed by atoms with van der Waals surface area (Å²) in [5.41, 5.74) is -1.11. The summed E-state index contributed by atoms with van der Waals surface area (Å²) in [6, 6.07) is 2.17. The monoisotopic (exact) mass is 302 g/mol. The van der Waals surface area contributed by atoms with E-state index in [0.717, 1.165) is 19.3 Å². The van der Waals surface area contributed by atoms with Crippen LogP contribution in [0.2, 0.25) is 0 Å². The molecule has 2 N–H and O–H groups in total. The molecule has 0 aliphatic carbocycles. The van der Waals surface area contributed by atoms with Crippen LogP contribution in [-0.2, 0) is 4.74 Å². The van der Waals surface area contributed by atoms with Gasteiger partial charge in [-0.15, -0.1) is 0 Å². The number of aliphatic hydroxyl groups excluding tert-OH is 2. The number of nitrogens with zero attached hydrogens (tertiary/aromatic N) is 1. The fourth-order valence-electron chi connectivity index (χ4n) is 1.61. The standard InChI is InChI=1S/C13H24NO3SSi/c1-4-6-7-8-13(18,9-14)19-11(16)12(3,10-15)17-5-2/h15-16,18H,4-8,10H2,1-3H3. The van der Waals surface area contributed by atoms with Crippen LogP contribution in [0.4, 0.5) is 0 Å². The van der Waals surface area contributed by atoms with Crippen LogP contribution in [0.5, 0.6) is 0 Å². The maximum Gasteiger partial charge on any atom is 0.139 e. The highest BCUT2D eigenvalue weighted by Gasteiger charge is 2.33. The molecule has 0 aliphatic heterocycles.